The van der Waals surface area contributed by atoms with Gasteiger partial charge >= 0.3 is 5.97 Å². The lowest BCUT2D eigenvalue weighted by molar-refractivity contribution is -0.132. The standard InChI is InChI=1S/C17H13Cl2N3O2/c1-11(23)24-16-9-21-17(12-3-2-6-20-8-12)22(16)10-13-7-14(18)4-5-15(13)19/h2-9H,10H2,1H3. The average Bonchev–Trinajstić information content (AvgIpc) is 2.94. The van der Waals surface area contributed by atoms with Crippen molar-refractivity contribution in [1.29, 1.82) is 0 Å². The Balaban J connectivity index is 2.08. The van der Waals surface area contributed by atoms with Crippen molar-refractivity contribution in [3.05, 3.63) is 64.5 Å². The number of aromatic nitrogens is 3. The van der Waals surface area contributed by atoms with Crippen LogP contribution in [0.4, 0.5) is 0 Å². The summed E-state index contributed by atoms with van der Waals surface area (Å²) in [6.45, 7) is 1.69. The van der Waals surface area contributed by atoms with E-state index in [1.165, 1.54) is 13.1 Å². The van der Waals surface area contributed by atoms with Crippen LogP contribution in [0.3, 0.4) is 0 Å². The first-order chi connectivity index (χ1) is 11.5. The molecular formula is C17H13Cl2N3O2. The van der Waals surface area contributed by atoms with E-state index in [1.54, 1.807) is 35.2 Å². The summed E-state index contributed by atoms with van der Waals surface area (Å²) in [6, 6.07) is 8.91. The van der Waals surface area contributed by atoms with Gasteiger partial charge in [-0.1, -0.05) is 23.2 Å². The second kappa shape index (κ2) is 7.03. The first-order valence-corrected chi connectivity index (χ1v) is 7.88. The lowest BCUT2D eigenvalue weighted by Crippen LogP contribution is -2.10. The van der Waals surface area contributed by atoms with E-state index in [4.69, 9.17) is 27.9 Å². The second-order valence-electron chi connectivity index (χ2n) is 5.08. The topological polar surface area (TPSA) is 57.0 Å². The van der Waals surface area contributed by atoms with Gasteiger partial charge < -0.3 is 4.74 Å². The normalized spacial score (nSPS) is 10.6. The zero-order valence-corrected chi connectivity index (χ0v) is 14.3. The number of ether oxygens (including phenoxy) is 1. The molecule has 0 spiro atoms. The highest BCUT2D eigenvalue weighted by atomic mass is 35.5. The molecule has 0 amide bonds. The minimum absolute atomic E-state index is 0.331. The number of imidazole rings is 1. The van der Waals surface area contributed by atoms with Crippen LogP contribution in [0.15, 0.2) is 48.9 Å². The lowest BCUT2D eigenvalue weighted by Gasteiger charge is -2.13. The van der Waals surface area contributed by atoms with Gasteiger partial charge in [0.25, 0.3) is 0 Å². The van der Waals surface area contributed by atoms with E-state index in [-0.39, 0.29) is 0 Å². The highest BCUT2D eigenvalue weighted by Gasteiger charge is 2.16. The fourth-order valence-electron chi connectivity index (χ4n) is 2.30. The van der Waals surface area contributed by atoms with Crippen LogP contribution in [0.5, 0.6) is 5.88 Å². The molecule has 0 atom stereocenters. The Kier molecular flexibility index (Phi) is 4.83. The number of benzene rings is 1. The Hall–Kier alpha value is -2.37. The second-order valence-corrected chi connectivity index (χ2v) is 5.92. The summed E-state index contributed by atoms with van der Waals surface area (Å²) in [5, 5.41) is 1.14. The number of hydrogen-bond acceptors (Lipinski definition) is 4. The summed E-state index contributed by atoms with van der Waals surface area (Å²) in [6.07, 6.45) is 4.87. The van der Waals surface area contributed by atoms with Crippen molar-refractivity contribution >= 4 is 29.2 Å². The van der Waals surface area contributed by atoms with Gasteiger partial charge in [-0.25, -0.2) is 4.98 Å². The Bertz CT molecular complexity index is 879. The number of rotatable bonds is 4. The molecule has 122 valence electrons. The van der Waals surface area contributed by atoms with Crippen molar-refractivity contribution in [1.82, 2.24) is 14.5 Å². The van der Waals surface area contributed by atoms with Crippen molar-refractivity contribution in [2.75, 3.05) is 0 Å². The molecule has 2 heterocycles. The Morgan fingerprint density at radius 3 is 2.79 bits per heavy atom. The van der Waals surface area contributed by atoms with Crippen LogP contribution in [-0.4, -0.2) is 20.5 Å². The molecule has 1 aromatic carbocycles. The van der Waals surface area contributed by atoms with Crippen LogP contribution in [-0.2, 0) is 11.3 Å². The van der Waals surface area contributed by atoms with Crippen molar-refractivity contribution in [3.8, 4) is 17.3 Å². The van der Waals surface area contributed by atoms with Crippen molar-refractivity contribution in [2.24, 2.45) is 0 Å². The van der Waals surface area contributed by atoms with Gasteiger partial charge in [0.2, 0.25) is 5.88 Å². The highest BCUT2D eigenvalue weighted by Crippen LogP contribution is 2.28. The zero-order chi connectivity index (χ0) is 17.1. The van der Waals surface area contributed by atoms with Crippen molar-refractivity contribution in [2.45, 2.75) is 13.5 Å². The molecule has 0 unspecified atom stereocenters. The molecule has 2 aromatic heterocycles. The summed E-state index contributed by atoms with van der Waals surface area (Å²) in [5.41, 5.74) is 1.59. The molecular weight excluding hydrogens is 349 g/mol. The van der Waals surface area contributed by atoms with Gasteiger partial charge in [0, 0.05) is 34.9 Å². The minimum Gasteiger partial charge on any atom is -0.408 e. The first kappa shape index (κ1) is 16.5. The number of halogens is 2. The smallest absolute Gasteiger partial charge is 0.309 e. The maximum Gasteiger partial charge on any atom is 0.309 e. The largest absolute Gasteiger partial charge is 0.408 e. The maximum absolute atomic E-state index is 11.4. The minimum atomic E-state index is -0.425. The summed E-state index contributed by atoms with van der Waals surface area (Å²) in [5.74, 6) is 0.527. The van der Waals surface area contributed by atoms with E-state index < -0.39 is 5.97 Å². The van der Waals surface area contributed by atoms with E-state index in [2.05, 4.69) is 9.97 Å². The molecule has 3 rings (SSSR count). The van der Waals surface area contributed by atoms with E-state index in [0.29, 0.717) is 28.3 Å². The zero-order valence-electron chi connectivity index (χ0n) is 12.7. The van der Waals surface area contributed by atoms with E-state index in [1.807, 2.05) is 12.1 Å². The van der Waals surface area contributed by atoms with Gasteiger partial charge in [0.05, 0.1) is 12.7 Å². The summed E-state index contributed by atoms with van der Waals surface area (Å²) < 4.78 is 7.01. The molecule has 3 aromatic rings. The lowest BCUT2D eigenvalue weighted by atomic mass is 10.2. The fraction of sp³-hybridized carbons (Fsp3) is 0.118. The van der Waals surface area contributed by atoms with E-state index in [0.717, 1.165) is 11.1 Å². The van der Waals surface area contributed by atoms with Crippen LogP contribution in [0.25, 0.3) is 11.4 Å². The molecule has 0 aliphatic heterocycles. The van der Waals surface area contributed by atoms with Crippen LogP contribution in [0.2, 0.25) is 10.0 Å². The third-order valence-corrected chi connectivity index (χ3v) is 3.93. The molecule has 0 aliphatic carbocycles. The van der Waals surface area contributed by atoms with Crippen LogP contribution >= 0.6 is 23.2 Å². The quantitative estimate of drug-likeness (QED) is 0.652. The van der Waals surface area contributed by atoms with Gasteiger partial charge in [-0.05, 0) is 35.9 Å². The third kappa shape index (κ3) is 3.58. The molecule has 0 radical (unpaired) electrons. The number of hydrogen-bond donors (Lipinski definition) is 0. The maximum atomic E-state index is 11.4. The van der Waals surface area contributed by atoms with Gasteiger partial charge in [-0.15, -0.1) is 0 Å². The van der Waals surface area contributed by atoms with Gasteiger partial charge in [-0.3, -0.25) is 14.3 Å². The highest BCUT2D eigenvalue weighted by molar-refractivity contribution is 6.33. The molecule has 24 heavy (non-hydrogen) atoms. The Labute approximate surface area is 148 Å². The number of esters is 1. The first-order valence-electron chi connectivity index (χ1n) is 7.13. The average molecular weight is 362 g/mol. The Morgan fingerprint density at radius 2 is 2.08 bits per heavy atom. The molecule has 0 saturated heterocycles. The van der Waals surface area contributed by atoms with Crippen molar-refractivity contribution in [3.63, 3.8) is 0 Å². The van der Waals surface area contributed by atoms with Crippen LogP contribution in [0.1, 0.15) is 12.5 Å². The molecule has 0 fully saturated rings. The number of carbonyl (C=O) groups excluding carboxylic acids is 1. The number of pyridine rings is 1. The molecule has 0 saturated carbocycles. The predicted molar refractivity (Wildman–Crippen MR) is 92.3 cm³/mol. The summed E-state index contributed by atoms with van der Waals surface area (Å²) in [4.78, 5) is 19.8. The Morgan fingerprint density at radius 1 is 1.25 bits per heavy atom. The van der Waals surface area contributed by atoms with Gasteiger partial charge in [0.15, 0.2) is 0 Å². The fourth-order valence-corrected chi connectivity index (χ4v) is 2.67. The van der Waals surface area contributed by atoms with Gasteiger partial charge in [-0.2, -0.15) is 0 Å². The molecule has 0 bridgehead atoms. The molecule has 0 aliphatic rings. The monoisotopic (exact) mass is 361 g/mol. The van der Waals surface area contributed by atoms with Crippen molar-refractivity contribution < 1.29 is 9.53 Å². The number of carbonyl (C=O) groups is 1. The summed E-state index contributed by atoms with van der Waals surface area (Å²) >= 11 is 12.3. The molecule has 0 N–H and O–H groups in total. The molecule has 5 nitrogen and oxygen atoms in total. The van der Waals surface area contributed by atoms with E-state index in [9.17, 15) is 4.79 Å². The summed E-state index contributed by atoms with van der Waals surface area (Å²) in [7, 11) is 0. The number of nitrogens with zero attached hydrogens (tertiary/aromatic N) is 3. The third-order valence-electron chi connectivity index (χ3n) is 3.32. The predicted octanol–water partition coefficient (Wildman–Crippen LogP) is 4.23. The van der Waals surface area contributed by atoms with Crippen LogP contribution in [0, 0.1) is 0 Å². The van der Waals surface area contributed by atoms with Gasteiger partial charge in [0.1, 0.15) is 5.82 Å². The van der Waals surface area contributed by atoms with Crippen LogP contribution < -0.4 is 4.74 Å². The molecule has 7 heteroatoms. The SMILES string of the molecule is CC(=O)Oc1cnc(-c2cccnc2)n1Cc1cc(Cl)ccc1Cl. The van der Waals surface area contributed by atoms with E-state index >= 15 is 0 Å².